The van der Waals surface area contributed by atoms with Crippen LogP contribution < -0.4 is 9.64 Å². The van der Waals surface area contributed by atoms with Crippen LogP contribution >= 0.6 is 11.3 Å². The Hall–Kier alpha value is -2.59. The first-order chi connectivity index (χ1) is 12.2. The van der Waals surface area contributed by atoms with Crippen LogP contribution in [0.4, 0.5) is 5.69 Å². The minimum Gasteiger partial charge on any atom is -0.494 e. The third-order valence-electron chi connectivity index (χ3n) is 3.86. The maximum Gasteiger partial charge on any atom is 0.258 e. The van der Waals surface area contributed by atoms with E-state index in [0.717, 1.165) is 21.9 Å². The van der Waals surface area contributed by atoms with Crippen molar-refractivity contribution in [2.75, 3.05) is 11.5 Å². The van der Waals surface area contributed by atoms with Crippen LogP contribution in [0.3, 0.4) is 0 Å². The Kier molecular flexibility index (Phi) is 5.51. The molecule has 1 amide bonds. The fraction of sp³-hybridized carbons (Fsp3) is 0.190. The average molecular weight is 351 g/mol. The van der Waals surface area contributed by atoms with Crippen molar-refractivity contribution in [2.24, 2.45) is 0 Å². The third-order valence-corrected chi connectivity index (χ3v) is 4.72. The lowest BCUT2D eigenvalue weighted by Crippen LogP contribution is -2.30. The lowest BCUT2D eigenvalue weighted by atomic mass is 10.1. The van der Waals surface area contributed by atoms with Crippen LogP contribution in [0.15, 0.2) is 66.0 Å². The molecule has 0 aliphatic heterocycles. The number of amides is 1. The molecule has 25 heavy (non-hydrogen) atoms. The predicted molar refractivity (Wildman–Crippen MR) is 104 cm³/mol. The molecular formula is C21H21NO2S. The summed E-state index contributed by atoms with van der Waals surface area (Å²) >= 11 is 1.65. The van der Waals surface area contributed by atoms with Gasteiger partial charge in [-0.2, -0.15) is 0 Å². The summed E-state index contributed by atoms with van der Waals surface area (Å²) in [5.41, 5.74) is 2.64. The molecule has 3 aromatic rings. The normalized spacial score (nSPS) is 10.5. The predicted octanol–water partition coefficient (Wildman–Crippen LogP) is 5.30. The fourth-order valence-corrected chi connectivity index (χ4v) is 3.35. The first-order valence-electron chi connectivity index (χ1n) is 8.31. The molecule has 128 valence electrons. The summed E-state index contributed by atoms with van der Waals surface area (Å²) in [4.78, 5) is 16.1. The van der Waals surface area contributed by atoms with Gasteiger partial charge in [0.15, 0.2) is 0 Å². The molecular weight excluding hydrogens is 330 g/mol. The van der Waals surface area contributed by atoms with Gasteiger partial charge in [0.2, 0.25) is 0 Å². The Balaban J connectivity index is 1.92. The number of hydrogen-bond donors (Lipinski definition) is 0. The van der Waals surface area contributed by atoms with E-state index in [2.05, 4.69) is 6.07 Å². The van der Waals surface area contributed by atoms with Gasteiger partial charge in [-0.25, -0.2) is 0 Å². The summed E-state index contributed by atoms with van der Waals surface area (Å²) in [7, 11) is 0. The van der Waals surface area contributed by atoms with Gasteiger partial charge in [-0.05, 0) is 61.7 Å². The van der Waals surface area contributed by atoms with Gasteiger partial charge < -0.3 is 9.64 Å². The molecule has 0 radical (unpaired) electrons. The summed E-state index contributed by atoms with van der Waals surface area (Å²) in [6.45, 7) is 5.13. The summed E-state index contributed by atoms with van der Waals surface area (Å²) < 4.78 is 5.51. The molecule has 1 aromatic heterocycles. The second-order valence-corrected chi connectivity index (χ2v) is 6.80. The Bertz CT molecular complexity index is 825. The second-order valence-electron chi connectivity index (χ2n) is 5.77. The van der Waals surface area contributed by atoms with Gasteiger partial charge in [-0.1, -0.05) is 23.8 Å². The molecule has 0 fully saturated rings. The summed E-state index contributed by atoms with van der Waals surface area (Å²) in [6, 6.07) is 19.5. The minimum absolute atomic E-state index is 0.00117. The first-order valence-corrected chi connectivity index (χ1v) is 9.19. The van der Waals surface area contributed by atoms with E-state index in [1.54, 1.807) is 11.3 Å². The van der Waals surface area contributed by atoms with Gasteiger partial charge in [0.1, 0.15) is 5.75 Å². The summed E-state index contributed by atoms with van der Waals surface area (Å²) in [6.07, 6.45) is 0. The monoisotopic (exact) mass is 351 g/mol. The van der Waals surface area contributed by atoms with Crippen LogP contribution in [0.5, 0.6) is 5.75 Å². The SMILES string of the molecule is CCOc1ccc(N(Cc2cccs2)C(=O)c2cccc(C)c2)cc1. The molecule has 0 bridgehead atoms. The molecule has 3 nitrogen and oxygen atoms in total. The van der Waals surface area contributed by atoms with E-state index in [4.69, 9.17) is 4.74 Å². The van der Waals surface area contributed by atoms with Gasteiger partial charge >= 0.3 is 0 Å². The Morgan fingerprint density at radius 2 is 1.88 bits per heavy atom. The number of carbonyl (C=O) groups excluding carboxylic acids is 1. The first kappa shape index (κ1) is 17.2. The van der Waals surface area contributed by atoms with Gasteiger partial charge in [0.05, 0.1) is 13.2 Å². The van der Waals surface area contributed by atoms with E-state index < -0.39 is 0 Å². The quantitative estimate of drug-likeness (QED) is 0.603. The van der Waals surface area contributed by atoms with Gasteiger partial charge in [-0.3, -0.25) is 4.79 Å². The smallest absolute Gasteiger partial charge is 0.258 e. The minimum atomic E-state index is 0.00117. The van der Waals surface area contributed by atoms with Crippen LogP contribution in [-0.2, 0) is 6.54 Å². The Labute approximate surface area is 152 Å². The van der Waals surface area contributed by atoms with E-state index in [9.17, 15) is 4.79 Å². The molecule has 0 spiro atoms. The third kappa shape index (κ3) is 4.28. The van der Waals surface area contributed by atoms with E-state index in [-0.39, 0.29) is 5.91 Å². The molecule has 0 aliphatic rings. The largest absolute Gasteiger partial charge is 0.494 e. The number of hydrogen-bond acceptors (Lipinski definition) is 3. The highest BCUT2D eigenvalue weighted by atomic mass is 32.1. The zero-order chi connectivity index (χ0) is 17.6. The van der Waals surface area contributed by atoms with Crippen molar-refractivity contribution in [1.82, 2.24) is 0 Å². The molecule has 0 saturated carbocycles. The van der Waals surface area contributed by atoms with Crippen LogP contribution in [0.2, 0.25) is 0 Å². The lowest BCUT2D eigenvalue weighted by molar-refractivity contribution is 0.0985. The second kappa shape index (κ2) is 7.99. The highest BCUT2D eigenvalue weighted by Gasteiger charge is 2.19. The number of ether oxygens (including phenoxy) is 1. The van der Waals surface area contributed by atoms with E-state index in [1.807, 2.05) is 78.7 Å². The number of benzene rings is 2. The average Bonchev–Trinajstić information content (AvgIpc) is 3.13. The van der Waals surface area contributed by atoms with Crippen LogP contribution in [0, 0.1) is 6.92 Å². The van der Waals surface area contributed by atoms with Crippen molar-refractivity contribution in [2.45, 2.75) is 20.4 Å². The van der Waals surface area contributed by atoms with Crippen molar-refractivity contribution < 1.29 is 9.53 Å². The van der Waals surface area contributed by atoms with Crippen molar-refractivity contribution in [1.29, 1.82) is 0 Å². The van der Waals surface area contributed by atoms with Crippen LogP contribution in [0.1, 0.15) is 27.7 Å². The molecule has 1 heterocycles. The van der Waals surface area contributed by atoms with Crippen molar-refractivity contribution >= 4 is 22.9 Å². The number of nitrogens with zero attached hydrogens (tertiary/aromatic N) is 1. The number of carbonyl (C=O) groups is 1. The van der Waals surface area contributed by atoms with Crippen molar-refractivity contribution in [3.05, 3.63) is 82.0 Å². The molecule has 3 rings (SSSR count). The zero-order valence-corrected chi connectivity index (χ0v) is 15.3. The molecule has 0 saturated heterocycles. The highest BCUT2D eigenvalue weighted by molar-refractivity contribution is 7.09. The number of rotatable bonds is 6. The molecule has 0 atom stereocenters. The topological polar surface area (TPSA) is 29.5 Å². The number of anilines is 1. The summed E-state index contributed by atoms with van der Waals surface area (Å²) in [5.74, 6) is 0.812. The molecule has 4 heteroatoms. The van der Waals surface area contributed by atoms with Crippen molar-refractivity contribution in [3.63, 3.8) is 0 Å². The van der Waals surface area contributed by atoms with Gasteiger partial charge in [-0.15, -0.1) is 11.3 Å². The molecule has 0 unspecified atom stereocenters. The Morgan fingerprint density at radius 1 is 1.08 bits per heavy atom. The maximum absolute atomic E-state index is 13.1. The highest BCUT2D eigenvalue weighted by Crippen LogP contribution is 2.25. The van der Waals surface area contributed by atoms with E-state index in [0.29, 0.717) is 18.7 Å². The van der Waals surface area contributed by atoms with Crippen LogP contribution in [-0.4, -0.2) is 12.5 Å². The zero-order valence-electron chi connectivity index (χ0n) is 14.4. The number of aryl methyl sites for hydroxylation is 1. The Morgan fingerprint density at radius 3 is 2.52 bits per heavy atom. The van der Waals surface area contributed by atoms with E-state index >= 15 is 0 Å². The van der Waals surface area contributed by atoms with Gasteiger partial charge in [0, 0.05) is 16.1 Å². The fourth-order valence-electron chi connectivity index (χ4n) is 2.66. The van der Waals surface area contributed by atoms with Gasteiger partial charge in [0.25, 0.3) is 5.91 Å². The maximum atomic E-state index is 13.1. The van der Waals surface area contributed by atoms with Crippen molar-refractivity contribution in [3.8, 4) is 5.75 Å². The molecule has 2 aromatic carbocycles. The standard InChI is InChI=1S/C21H21NO2S/c1-3-24-19-11-9-18(10-12-19)22(15-20-8-5-13-25-20)21(23)17-7-4-6-16(2)14-17/h4-14H,3,15H2,1-2H3. The molecule has 0 N–H and O–H groups in total. The lowest BCUT2D eigenvalue weighted by Gasteiger charge is -2.23. The van der Waals surface area contributed by atoms with Crippen LogP contribution in [0.25, 0.3) is 0 Å². The summed E-state index contributed by atoms with van der Waals surface area (Å²) in [5, 5.41) is 2.03. The molecule has 0 aliphatic carbocycles. The van der Waals surface area contributed by atoms with E-state index in [1.165, 1.54) is 0 Å². The number of thiophene rings is 1.